The number of carbonyl (C=O) groups excluding carboxylic acids is 1. The highest BCUT2D eigenvalue weighted by molar-refractivity contribution is 8.13. The van der Waals surface area contributed by atoms with Crippen molar-refractivity contribution in [2.75, 3.05) is 11.5 Å². The van der Waals surface area contributed by atoms with E-state index in [9.17, 15) is 4.79 Å². The van der Waals surface area contributed by atoms with Crippen molar-refractivity contribution in [1.82, 2.24) is 0 Å². The van der Waals surface area contributed by atoms with Crippen molar-refractivity contribution in [3.8, 4) is 0 Å². The van der Waals surface area contributed by atoms with Gasteiger partial charge in [0.15, 0.2) is 5.12 Å². The van der Waals surface area contributed by atoms with Gasteiger partial charge in [0, 0.05) is 12.7 Å². The first kappa shape index (κ1) is 13.4. The van der Waals surface area contributed by atoms with Crippen LogP contribution in [-0.4, -0.2) is 10.9 Å². The van der Waals surface area contributed by atoms with Crippen LogP contribution >= 0.6 is 35.0 Å². The standard InChI is InChI=1S/C11H11Cl2NOS/c1-7(15)16-4-2-3-8-5-9(12)11(14)10(13)6-8/h2-3,5-6H,4,14H2,1H3. The van der Waals surface area contributed by atoms with Gasteiger partial charge < -0.3 is 5.73 Å². The molecule has 1 aromatic carbocycles. The second-order valence-electron chi connectivity index (χ2n) is 3.10. The quantitative estimate of drug-likeness (QED) is 0.852. The van der Waals surface area contributed by atoms with Crippen LogP contribution in [0.15, 0.2) is 18.2 Å². The SMILES string of the molecule is CC(=O)SCC=Cc1cc(Cl)c(N)c(Cl)c1. The van der Waals surface area contributed by atoms with Crippen LogP contribution in [0.5, 0.6) is 0 Å². The molecule has 0 aliphatic carbocycles. The number of hydrogen-bond donors (Lipinski definition) is 1. The molecule has 2 nitrogen and oxygen atoms in total. The Morgan fingerprint density at radius 3 is 2.50 bits per heavy atom. The molecule has 0 aliphatic heterocycles. The lowest BCUT2D eigenvalue weighted by molar-refractivity contribution is -0.109. The van der Waals surface area contributed by atoms with Crippen LogP contribution in [0.2, 0.25) is 10.0 Å². The van der Waals surface area contributed by atoms with Crippen LogP contribution in [0.25, 0.3) is 6.08 Å². The fraction of sp³-hybridized carbons (Fsp3) is 0.182. The Kier molecular flexibility index (Phi) is 5.19. The molecule has 16 heavy (non-hydrogen) atoms. The molecule has 0 fully saturated rings. The molecule has 0 amide bonds. The van der Waals surface area contributed by atoms with Gasteiger partial charge in [0.05, 0.1) is 15.7 Å². The predicted molar refractivity (Wildman–Crippen MR) is 73.0 cm³/mol. The zero-order valence-electron chi connectivity index (χ0n) is 8.67. The second kappa shape index (κ2) is 6.18. The predicted octanol–water partition coefficient (Wildman–Crippen LogP) is 3.87. The van der Waals surface area contributed by atoms with E-state index < -0.39 is 0 Å². The first-order valence-corrected chi connectivity index (χ1v) is 6.29. The highest BCUT2D eigenvalue weighted by atomic mass is 35.5. The van der Waals surface area contributed by atoms with E-state index in [1.54, 1.807) is 12.1 Å². The van der Waals surface area contributed by atoms with Crippen LogP contribution in [0.3, 0.4) is 0 Å². The highest BCUT2D eigenvalue weighted by Crippen LogP contribution is 2.29. The van der Waals surface area contributed by atoms with Gasteiger partial charge in [-0.15, -0.1) is 0 Å². The van der Waals surface area contributed by atoms with Crippen LogP contribution in [0, 0.1) is 0 Å². The van der Waals surface area contributed by atoms with Crippen LogP contribution in [0.1, 0.15) is 12.5 Å². The monoisotopic (exact) mass is 275 g/mol. The van der Waals surface area contributed by atoms with E-state index in [2.05, 4.69) is 0 Å². The number of halogens is 2. The minimum Gasteiger partial charge on any atom is -0.396 e. The average Bonchev–Trinajstić information content (AvgIpc) is 2.20. The van der Waals surface area contributed by atoms with Crippen molar-refractivity contribution >= 4 is 51.8 Å². The lowest BCUT2D eigenvalue weighted by atomic mass is 10.2. The fourth-order valence-electron chi connectivity index (χ4n) is 1.05. The first-order valence-electron chi connectivity index (χ1n) is 4.55. The molecule has 0 aromatic heterocycles. The smallest absolute Gasteiger partial charge is 0.186 e. The Morgan fingerprint density at radius 2 is 2.00 bits per heavy atom. The van der Waals surface area contributed by atoms with E-state index in [1.165, 1.54) is 18.7 Å². The summed E-state index contributed by atoms with van der Waals surface area (Å²) in [5.41, 5.74) is 6.86. The van der Waals surface area contributed by atoms with E-state index in [-0.39, 0.29) is 5.12 Å². The minimum atomic E-state index is 0.0954. The summed E-state index contributed by atoms with van der Waals surface area (Å²) in [6.45, 7) is 1.54. The third-order valence-corrected chi connectivity index (χ3v) is 3.19. The van der Waals surface area contributed by atoms with Crippen LogP contribution < -0.4 is 5.73 Å². The zero-order valence-corrected chi connectivity index (χ0v) is 11.0. The van der Waals surface area contributed by atoms with Gasteiger partial charge in [-0.05, 0) is 17.7 Å². The normalized spacial score (nSPS) is 10.9. The van der Waals surface area contributed by atoms with Crippen molar-refractivity contribution in [3.63, 3.8) is 0 Å². The van der Waals surface area contributed by atoms with Crippen LogP contribution in [0.4, 0.5) is 5.69 Å². The molecule has 0 saturated heterocycles. The van der Waals surface area contributed by atoms with Crippen molar-refractivity contribution in [2.24, 2.45) is 0 Å². The van der Waals surface area contributed by atoms with Gasteiger partial charge in [0.25, 0.3) is 0 Å². The lowest BCUT2D eigenvalue weighted by Gasteiger charge is -2.02. The molecular formula is C11H11Cl2NOS. The van der Waals surface area contributed by atoms with E-state index in [0.29, 0.717) is 21.5 Å². The molecule has 1 aromatic rings. The highest BCUT2D eigenvalue weighted by Gasteiger charge is 2.02. The fourth-order valence-corrected chi connectivity index (χ4v) is 1.98. The summed E-state index contributed by atoms with van der Waals surface area (Å²) in [4.78, 5) is 10.7. The molecule has 5 heteroatoms. The molecule has 1 rings (SSSR count). The summed E-state index contributed by atoms with van der Waals surface area (Å²) in [7, 11) is 0. The van der Waals surface area contributed by atoms with Gasteiger partial charge in [-0.1, -0.05) is 47.1 Å². The molecule has 0 atom stereocenters. The first-order chi connectivity index (χ1) is 7.50. The maximum atomic E-state index is 10.7. The summed E-state index contributed by atoms with van der Waals surface area (Å²) in [5, 5.41) is 0.968. The van der Waals surface area contributed by atoms with Gasteiger partial charge >= 0.3 is 0 Å². The van der Waals surface area contributed by atoms with Crippen LogP contribution in [-0.2, 0) is 4.79 Å². The molecule has 0 bridgehead atoms. The Bertz CT molecular complexity index is 409. The number of thioether (sulfide) groups is 1. The van der Waals surface area contributed by atoms with Crippen molar-refractivity contribution in [3.05, 3.63) is 33.8 Å². The second-order valence-corrected chi connectivity index (χ2v) is 5.11. The molecule has 0 unspecified atom stereocenters. The van der Waals surface area contributed by atoms with Crippen molar-refractivity contribution in [1.29, 1.82) is 0 Å². The molecule has 86 valence electrons. The summed E-state index contributed by atoms with van der Waals surface area (Å²) < 4.78 is 0. The van der Waals surface area contributed by atoms with E-state index in [1.807, 2.05) is 12.2 Å². The zero-order chi connectivity index (χ0) is 12.1. The third-order valence-electron chi connectivity index (χ3n) is 1.79. The molecule has 2 N–H and O–H groups in total. The molecule has 0 aliphatic rings. The number of benzene rings is 1. The van der Waals surface area contributed by atoms with Gasteiger partial charge in [-0.25, -0.2) is 0 Å². The summed E-state index contributed by atoms with van der Waals surface area (Å²) in [5.74, 6) is 0.634. The number of nitrogen functional groups attached to an aromatic ring is 1. The number of anilines is 1. The third kappa shape index (κ3) is 4.08. The Hall–Kier alpha value is -0.640. The van der Waals surface area contributed by atoms with E-state index in [4.69, 9.17) is 28.9 Å². The van der Waals surface area contributed by atoms with Crippen molar-refractivity contribution in [2.45, 2.75) is 6.92 Å². The Labute approximate surface area is 109 Å². The molecule has 0 radical (unpaired) electrons. The lowest BCUT2D eigenvalue weighted by Crippen LogP contribution is -1.88. The maximum Gasteiger partial charge on any atom is 0.186 e. The number of rotatable bonds is 3. The Balaban J connectivity index is 2.71. The topological polar surface area (TPSA) is 43.1 Å². The van der Waals surface area contributed by atoms with Gasteiger partial charge in [-0.3, -0.25) is 4.79 Å². The van der Waals surface area contributed by atoms with Gasteiger partial charge in [-0.2, -0.15) is 0 Å². The number of nitrogens with two attached hydrogens (primary N) is 1. The molecule has 0 saturated carbocycles. The summed E-state index contributed by atoms with van der Waals surface area (Å²) >= 11 is 13.0. The summed E-state index contributed by atoms with van der Waals surface area (Å²) in [6, 6.07) is 3.47. The van der Waals surface area contributed by atoms with Gasteiger partial charge in [0.1, 0.15) is 0 Å². The van der Waals surface area contributed by atoms with Gasteiger partial charge in [0.2, 0.25) is 0 Å². The molecule has 0 spiro atoms. The molecular weight excluding hydrogens is 265 g/mol. The molecule has 0 heterocycles. The Morgan fingerprint density at radius 1 is 1.44 bits per heavy atom. The van der Waals surface area contributed by atoms with E-state index >= 15 is 0 Å². The largest absolute Gasteiger partial charge is 0.396 e. The van der Waals surface area contributed by atoms with Crippen molar-refractivity contribution < 1.29 is 4.79 Å². The minimum absolute atomic E-state index is 0.0954. The summed E-state index contributed by atoms with van der Waals surface area (Å²) in [6.07, 6.45) is 3.73. The average molecular weight is 276 g/mol. The number of carbonyl (C=O) groups is 1. The maximum absolute atomic E-state index is 10.7. The number of hydrogen-bond acceptors (Lipinski definition) is 3. The van der Waals surface area contributed by atoms with E-state index in [0.717, 1.165) is 5.56 Å².